The molecule has 1 aliphatic heterocycles. The van der Waals surface area contributed by atoms with Crippen LogP contribution >= 0.6 is 15.9 Å². The van der Waals surface area contributed by atoms with Crippen molar-refractivity contribution in [3.05, 3.63) is 63.6 Å². The van der Waals surface area contributed by atoms with E-state index in [1.807, 2.05) is 26.0 Å². The Morgan fingerprint density at radius 2 is 2.04 bits per heavy atom. The van der Waals surface area contributed by atoms with Gasteiger partial charge in [-0.2, -0.15) is 0 Å². The zero-order valence-corrected chi connectivity index (χ0v) is 16.3. The average Bonchev–Trinajstić information content (AvgIpc) is 2.60. The van der Waals surface area contributed by atoms with Gasteiger partial charge in [-0.05, 0) is 77.8 Å². The highest BCUT2D eigenvalue weighted by Crippen LogP contribution is 2.40. The Kier molecular flexibility index (Phi) is 4.92. The van der Waals surface area contributed by atoms with Crippen LogP contribution in [0.4, 0.5) is 0 Å². The molecule has 2 aromatic carbocycles. The van der Waals surface area contributed by atoms with E-state index in [9.17, 15) is 9.90 Å². The molecule has 1 N–H and O–H groups in total. The van der Waals surface area contributed by atoms with E-state index in [4.69, 9.17) is 9.47 Å². The third-order valence-corrected chi connectivity index (χ3v) is 4.69. The second-order valence-electron chi connectivity index (χ2n) is 6.51. The van der Waals surface area contributed by atoms with E-state index in [-0.39, 0.29) is 11.5 Å². The molecule has 4 nitrogen and oxygen atoms in total. The third kappa shape index (κ3) is 3.68. The van der Waals surface area contributed by atoms with Crippen LogP contribution in [0.15, 0.2) is 47.0 Å². The summed E-state index contributed by atoms with van der Waals surface area (Å²) in [5.74, 6) is 1.17. The Balaban J connectivity index is 1.96. The molecule has 5 heteroatoms. The number of ether oxygens (including phenoxy) is 2. The van der Waals surface area contributed by atoms with Gasteiger partial charge in [0.1, 0.15) is 22.8 Å². The summed E-state index contributed by atoms with van der Waals surface area (Å²) in [5, 5.41) is 9.56. The molecule has 0 unspecified atom stereocenters. The van der Waals surface area contributed by atoms with E-state index in [1.165, 1.54) is 6.08 Å². The van der Waals surface area contributed by atoms with Crippen LogP contribution < -0.4 is 9.47 Å². The van der Waals surface area contributed by atoms with Crippen LogP contribution in [0, 0.1) is 0 Å². The number of carbonyl (C=O) groups excluding carboxylic acids is 1. The molecule has 0 saturated carbocycles. The van der Waals surface area contributed by atoms with E-state index in [1.54, 1.807) is 43.5 Å². The SMILES string of the molecule is COc1ccc(C(=O)/C=C/c2ccc(O)c(Br)c2)c2c1C=CC(C)(C)O2. The van der Waals surface area contributed by atoms with E-state index in [2.05, 4.69) is 15.9 Å². The van der Waals surface area contributed by atoms with Crippen LogP contribution in [0.2, 0.25) is 0 Å². The topological polar surface area (TPSA) is 55.8 Å². The van der Waals surface area contributed by atoms with E-state index in [0.717, 1.165) is 11.1 Å². The van der Waals surface area contributed by atoms with Gasteiger partial charge in [0.15, 0.2) is 5.78 Å². The Bertz CT molecular complexity index is 926. The number of hydrogen-bond acceptors (Lipinski definition) is 4. The predicted octanol–water partition coefficient (Wildman–Crippen LogP) is 5.24. The first-order valence-electron chi connectivity index (χ1n) is 8.11. The summed E-state index contributed by atoms with van der Waals surface area (Å²) in [6.07, 6.45) is 7.06. The van der Waals surface area contributed by atoms with Gasteiger partial charge in [0, 0.05) is 0 Å². The maximum absolute atomic E-state index is 12.8. The monoisotopic (exact) mass is 414 g/mol. The Hall–Kier alpha value is -2.53. The molecule has 0 aliphatic carbocycles. The van der Waals surface area contributed by atoms with Crippen LogP contribution in [-0.4, -0.2) is 23.6 Å². The van der Waals surface area contributed by atoms with Crippen molar-refractivity contribution >= 4 is 33.9 Å². The molecule has 0 amide bonds. The van der Waals surface area contributed by atoms with Gasteiger partial charge in [-0.1, -0.05) is 12.1 Å². The molecule has 134 valence electrons. The highest BCUT2D eigenvalue weighted by atomic mass is 79.9. The lowest BCUT2D eigenvalue weighted by Crippen LogP contribution is -2.28. The number of hydrogen-bond donors (Lipinski definition) is 1. The number of allylic oxidation sites excluding steroid dienone is 1. The van der Waals surface area contributed by atoms with Crippen LogP contribution in [0.25, 0.3) is 12.2 Å². The molecule has 2 aromatic rings. The average molecular weight is 415 g/mol. The number of halogens is 1. The molecule has 3 rings (SSSR count). The first-order valence-corrected chi connectivity index (χ1v) is 8.90. The van der Waals surface area contributed by atoms with Gasteiger partial charge in [-0.25, -0.2) is 0 Å². The summed E-state index contributed by atoms with van der Waals surface area (Å²) in [5.41, 5.74) is 1.54. The fourth-order valence-corrected chi connectivity index (χ4v) is 3.09. The van der Waals surface area contributed by atoms with Crippen molar-refractivity contribution in [3.63, 3.8) is 0 Å². The Labute approximate surface area is 160 Å². The van der Waals surface area contributed by atoms with Crippen molar-refractivity contribution in [1.82, 2.24) is 0 Å². The van der Waals surface area contributed by atoms with Gasteiger partial charge in [0.05, 0.1) is 22.7 Å². The van der Waals surface area contributed by atoms with Gasteiger partial charge in [0.25, 0.3) is 0 Å². The van der Waals surface area contributed by atoms with Gasteiger partial charge >= 0.3 is 0 Å². The molecule has 0 atom stereocenters. The lowest BCUT2D eigenvalue weighted by Gasteiger charge is -2.29. The molecular formula is C21H19BrO4. The van der Waals surface area contributed by atoms with Gasteiger partial charge in [0.2, 0.25) is 0 Å². The normalized spacial score (nSPS) is 14.8. The zero-order chi connectivity index (χ0) is 18.9. The number of benzene rings is 2. The molecule has 1 heterocycles. The van der Waals surface area contributed by atoms with Crippen molar-refractivity contribution in [2.75, 3.05) is 7.11 Å². The van der Waals surface area contributed by atoms with Crippen LogP contribution in [0.3, 0.4) is 0 Å². The minimum atomic E-state index is -0.500. The highest BCUT2D eigenvalue weighted by molar-refractivity contribution is 9.10. The molecule has 0 spiro atoms. The Morgan fingerprint density at radius 3 is 2.73 bits per heavy atom. The molecule has 0 aromatic heterocycles. The summed E-state index contributed by atoms with van der Waals surface area (Å²) in [7, 11) is 1.59. The molecule has 0 bridgehead atoms. The van der Waals surface area contributed by atoms with Gasteiger partial charge < -0.3 is 14.6 Å². The summed E-state index contributed by atoms with van der Waals surface area (Å²) < 4.78 is 12.0. The number of phenols is 1. The molecule has 1 aliphatic rings. The minimum absolute atomic E-state index is 0.153. The number of aromatic hydroxyl groups is 1. The number of phenolic OH excluding ortho intramolecular Hbond substituents is 1. The maximum atomic E-state index is 12.8. The lowest BCUT2D eigenvalue weighted by molar-refractivity contribution is 0.103. The fraction of sp³-hybridized carbons (Fsp3) is 0.190. The summed E-state index contributed by atoms with van der Waals surface area (Å²) in [4.78, 5) is 12.8. The van der Waals surface area contributed by atoms with Gasteiger partial charge in [-0.3, -0.25) is 4.79 Å². The molecular weight excluding hydrogens is 396 g/mol. The van der Waals surface area contributed by atoms with Crippen molar-refractivity contribution in [1.29, 1.82) is 0 Å². The first kappa shape index (κ1) is 18.3. The summed E-state index contributed by atoms with van der Waals surface area (Å²) in [6.45, 7) is 3.87. The van der Waals surface area contributed by atoms with Crippen molar-refractivity contribution < 1.29 is 19.4 Å². The molecule has 0 saturated heterocycles. The number of rotatable bonds is 4. The second-order valence-corrected chi connectivity index (χ2v) is 7.36. The predicted molar refractivity (Wildman–Crippen MR) is 106 cm³/mol. The fourth-order valence-electron chi connectivity index (χ4n) is 2.69. The zero-order valence-electron chi connectivity index (χ0n) is 14.7. The van der Waals surface area contributed by atoms with Crippen LogP contribution in [0.5, 0.6) is 17.2 Å². The van der Waals surface area contributed by atoms with Crippen molar-refractivity contribution in [2.45, 2.75) is 19.4 Å². The summed E-state index contributed by atoms with van der Waals surface area (Å²) in [6, 6.07) is 8.52. The van der Waals surface area contributed by atoms with E-state index < -0.39 is 5.60 Å². The minimum Gasteiger partial charge on any atom is -0.507 e. The highest BCUT2D eigenvalue weighted by Gasteiger charge is 2.27. The standard InChI is InChI=1S/C21H19BrO4/c1-21(2)11-10-15-19(25-3)9-6-14(20(15)26-21)17(23)7-4-13-5-8-18(24)16(22)12-13/h4-12,24H,1-3H3/b7-4+. The first-order chi connectivity index (χ1) is 12.3. The van der Waals surface area contributed by atoms with Gasteiger partial charge in [-0.15, -0.1) is 0 Å². The third-order valence-electron chi connectivity index (χ3n) is 4.06. The van der Waals surface area contributed by atoms with E-state index >= 15 is 0 Å². The number of carbonyl (C=O) groups is 1. The summed E-state index contributed by atoms with van der Waals surface area (Å²) >= 11 is 3.27. The van der Waals surface area contributed by atoms with E-state index in [0.29, 0.717) is 21.5 Å². The van der Waals surface area contributed by atoms with Crippen LogP contribution in [0.1, 0.15) is 35.3 Å². The maximum Gasteiger partial charge on any atom is 0.189 e. The van der Waals surface area contributed by atoms with Crippen molar-refractivity contribution in [3.8, 4) is 17.2 Å². The number of fused-ring (bicyclic) bond motifs is 1. The number of methoxy groups -OCH3 is 1. The molecule has 0 fully saturated rings. The molecule has 26 heavy (non-hydrogen) atoms. The quantitative estimate of drug-likeness (QED) is 0.548. The lowest BCUT2D eigenvalue weighted by atomic mass is 9.97. The largest absolute Gasteiger partial charge is 0.507 e. The number of ketones is 1. The van der Waals surface area contributed by atoms with Crippen LogP contribution in [-0.2, 0) is 0 Å². The Morgan fingerprint density at radius 1 is 1.27 bits per heavy atom. The van der Waals surface area contributed by atoms with Crippen molar-refractivity contribution in [2.24, 2.45) is 0 Å². The second kappa shape index (κ2) is 7.00. The molecule has 0 radical (unpaired) electrons. The smallest absolute Gasteiger partial charge is 0.189 e.